The number of carboxylic acids is 1. The Morgan fingerprint density at radius 1 is 1.26 bits per heavy atom. The summed E-state index contributed by atoms with van der Waals surface area (Å²) in [4.78, 5) is 14.7. The first-order valence-electron chi connectivity index (χ1n) is 5.69. The molecule has 1 N–H and O–H groups in total. The van der Waals surface area contributed by atoms with Gasteiger partial charge in [-0.15, -0.1) is 5.10 Å². The van der Waals surface area contributed by atoms with Gasteiger partial charge in [-0.05, 0) is 35.4 Å². The number of rotatable bonds is 3. The van der Waals surface area contributed by atoms with Crippen molar-refractivity contribution in [2.45, 2.75) is 6.42 Å². The van der Waals surface area contributed by atoms with Gasteiger partial charge < -0.3 is 5.11 Å². The van der Waals surface area contributed by atoms with E-state index in [0.717, 1.165) is 16.6 Å². The molecule has 0 radical (unpaired) electrons. The van der Waals surface area contributed by atoms with Gasteiger partial charge in [0.25, 0.3) is 0 Å². The van der Waals surface area contributed by atoms with E-state index in [1.165, 1.54) is 0 Å². The van der Waals surface area contributed by atoms with Crippen molar-refractivity contribution in [2.75, 3.05) is 0 Å². The van der Waals surface area contributed by atoms with E-state index < -0.39 is 5.97 Å². The van der Waals surface area contributed by atoms with Crippen LogP contribution in [0, 0.1) is 0 Å². The summed E-state index contributed by atoms with van der Waals surface area (Å²) in [6.45, 7) is 0. The molecular formula is C13H10N4O2. The quantitative estimate of drug-likeness (QED) is 0.764. The molecule has 0 aromatic carbocycles. The molecule has 0 amide bonds. The van der Waals surface area contributed by atoms with Crippen LogP contribution in [0.15, 0.2) is 42.9 Å². The monoisotopic (exact) mass is 254 g/mol. The van der Waals surface area contributed by atoms with Gasteiger partial charge in [-0.3, -0.25) is 9.78 Å². The first-order valence-corrected chi connectivity index (χ1v) is 5.69. The minimum absolute atomic E-state index is 0.0790. The molecule has 3 heterocycles. The van der Waals surface area contributed by atoms with Crippen molar-refractivity contribution in [1.29, 1.82) is 0 Å². The fourth-order valence-electron chi connectivity index (χ4n) is 1.92. The van der Waals surface area contributed by atoms with Crippen LogP contribution in [-0.2, 0) is 11.2 Å². The van der Waals surface area contributed by atoms with E-state index in [2.05, 4.69) is 15.3 Å². The highest BCUT2D eigenvalue weighted by molar-refractivity contribution is 5.72. The lowest BCUT2D eigenvalue weighted by Crippen LogP contribution is -2.02. The summed E-state index contributed by atoms with van der Waals surface area (Å²) >= 11 is 0. The first kappa shape index (κ1) is 11.3. The number of fused-ring (bicyclic) bond motifs is 1. The van der Waals surface area contributed by atoms with Gasteiger partial charge in [-0.2, -0.15) is 0 Å². The summed E-state index contributed by atoms with van der Waals surface area (Å²) in [6, 6.07) is 7.48. The zero-order valence-corrected chi connectivity index (χ0v) is 9.89. The van der Waals surface area contributed by atoms with Crippen LogP contribution in [0.25, 0.3) is 16.6 Å². The fraction of sp³-hybridized carbons (Fsp3) is 0.0769. The number of carboxylic acid groups (broad SMARTS) is 1. The largest absolute Gasteiger partial charge is 0.481 e. The summed E-state index contributed by atoms with van der Waals surface area (Å²) in [5, 5.41) is 16.5. The molecule has 3 rings (SSSR count). The molecule has 6 nitrogen and oxygen atoms in total. The van der Waals surface area contributed by atoms with Gasteiger partial charge in [-0.1, -0.05) is 5.21 Å². The summed E-state index contributed by atoms with van der Waals surface area (Å²) < 4.78 is 1.67. The number of pyridine rings is 2. The van der Waals surface area contributed by atoms with Crippen LogP contribution < -0.4 is 0 Å². The molecule has 0 saturated heterocycles. The SMILES string of the molecule is O=C(O)Cc1cc(-c2ccn3nncc3c2)ccn1. The highest BCUT2D eigenvalue weighted by Crippen LogP contribution is 2.20. The first-order chi connectivity index (χ1) is 9.22. The highest BCUT2D eigenvalue weighted by atomic mass is 16.4. The van der Waals surface area contributed by atoms with Crippen LogP contribution in [-0.4, -0.2) is 30.9 Å². The third-order valence-electron chi connectivity index (χ3n) is 2.78. The molecule has 0 aliphatic heterocycles. The van der Waals surface area contributed by atoms with Gasteiger partial charge in [0.05, 0.1) is 23.8 Å². The Morgan fingerprint density at radius 2 is 2.11 bits per heavy atom. The fourth-order valence-corrected chi connectivity index (χ4v) is 1.92. The van der Waals surface area contributed by atoms with E-state index in [4.69, 9.17) is 5.11 Å². The molecule has 0 spiro atoms. The van der Waals surface area contributed by atoms with Crippen molar-refractivity contribution in [3.05, 3.63) is 48.5 Å². The maximum Gasteiger partial charge on any atom is 0.309 e. The number of nitrogens with zero attached hydrogens (tertiary/aromatic N) is 4. The predicted molar refractivity (Wildman–Crippen MR) is 67.6 cm³/mol. The van der Waals surface area contributed by atoms with Gasteiger partial charge in [0.1, 0.15) is 0 Å². The number of carbonyl (C=O) groups is 1. The maximum atomic E-state index is 10.7. The van der Waals surface area contributed by atoms with Gasteiger partial charge in [0.2, 0.25) is 0 Å². The van der Waals surface area contributed by atoms with Gasteiger partial charge in [0, 0.05) is 12.4 Å². The molecule has 6 heteroatoms. The molecular weight excluding hydrogens is 244 g/mol. The van der Waals surface area contributed by atoms with E-state index in [1.54, 1.807) is 23.0 Å². The smallest absolute Gasteiger partial charge is 0.309 e. The molecule has 0 aliphatic rings. The molecule has 3 aromatic heterocycles. The summed E-state index contributed by atoms with van der Waals surface area (Å²) in [7, 11) is 0. The minimum atomic E-state index is -0.889. The Bertz CT molecular complexity index is 751. The molecule has 19 heavy (non-hydrogen) atoms. The Morgan fingerprint density at radius 3 is 2.95 bits per heavy atom. The normalized spacial score (nSPS) is 10.7. The lowest BCUT2D eigenvalue weighted by Gasteiger charge is -2.04. The van der Waals surface area contributed by atoms with Crippen LogP contribution >= 0.6 is 0 Å². The predicted octanol–water partition coefficient (Wildman–Crippen LogP) is 1.42. The van der Waals surface area contributed by atoms with Crippen molar-refractivity contribution in [3.63, 3.8) is 0 Å². The van der Waals surface area contributed by atoms with Gasteiger partial charge in [0.15, 0.2) is 0 Å². The summed E-state index contributed by atoms with van der Waals surface area (Å²) in [6.07, 6.45) is 5.02. The van der Waals surface area contributed by atoms with Crippen LogP contribution in [0.4, 0.5) is 0 Å². The molecule has 0 fully saturated rings. The molecule has 0 unspecified atom stereocenters. The van der Waals surface area contributed by atoms with Gasteiger partial charge in [-0.25, -0.2) is 4.52 Å². The molecule has 0 saturated carbocycles. The van der Waals surface area contributed by atoms with Crippen LogP contribution in [0.1, 0.15) is 5.69 Å². The number of aromatic nitrogens is 4. The summed E-state index contributed by atoms with van der Waals surface area (Å²) in [5.41, 5.74) is 3.32. The lowest BCUT2D eigenvalue weighted by atomic mass is 10.1. The van der Waals surface area contributed by atoms with Crippen LogP contribution in [0.2, 0.25) is 0 Å². The van der Waals surface area contributed by atoms with Crippen LogP contribution in [0.5, 0.6) is 0 Å². The van der Waals surface area contributed by atoms with E-state index in [0.29, 0.717) is 5.69 Å². The average molecular weight is 254 g/mol. The molecule has 0 aliphatic carbocycles. The lowest BCUT2D eigenvalue weighted by molar-refractivity contribution is -0.136. The highest BCUT2D eigenvalue weighted by Gasteiger charge is 2.05. The molecule has 94 valence electrons. The van der Waals surface area contributed by atoms with Crippen LogP contribution in [0.3, 0.4) is 0 Å². The third-order valence-corrected chi connectivity index (χ3v) is 2.78. The van der Waals surface area contributed by atoms with Crippen molar-refractivity contribution < 1.29 is 9.90 Å². The Kier molecular flexibility index (Phi) is 2.68. The second-order valence-electron chi connectivity index (χ2n) is 4.13. The number of hydrogen-bond acceptors (Lipinski definition) is 4. The van der Waals surface area contributed by atoms with Crippen molar-refractivity contribution in [2.24, 2.45) is 0 Å². The van der Waals surface area contributed by atoms with Crippen molar-refractivity contribution >= 4 is 11.5 Å². The maximum absolute atomic E-state index is 10.7. The second-order valence-corrected chi connectivity index (χ2v) is 4.13. The topological polar surface area (TPSA) is 80.4 Å². The molecule has 3 aromatic rings. The van der Waals surface area contributed by atoms with E-state index in [1.807, 2.05) is 24.4 Å². The zero-order valence-electron chi connectivity index (χ0n) is 9.89. The number of hydrogen-bond donors (Lipinski definition) is 1. The van der Waals surface area contributed by atoms with E-state index in [9.17, 15) is 4.79 Å². The average Bonchev–Trinajstić information content (AvgIpc) is 2.85. The third kappa shape index (κ3) is 2.28. The Labute approximate surface area is 108 Å². The standard InChI is InChI=1S/C13H10N4O2/c18-13(19)7-11-5-9(1-3-14-11)10-2-4-17-12(6-10)8-15-16-17/h1-6,8H,7H2,(H,18,19). The zero-order chi connectivity index (χ0) is 13.2. The number of aliphatic carboxylic acids is 1. The molecule has 0 bridgehead atoms. The molecule has 0 atom stereocenters. The summed E-state index contributed by atoms with van der Waals surface area (Å²) in [5.74, 6) is -0.889. The van der Waals surface area contributed by atoms with Crippen molar-refractivity contribution in [3.8, 4) is 11.1 Å². The second kappa shape index (κ2) is 4.49. The van der Waals surface area contributed by atoms with E-state index in [-0.39, 0.29) is 6.42 Å². The van der Waals surface area contributed by atoms with Crippen molar-refractivity contribution in [1.82, 2.24) is 19.8 Å². The Balaban J connectivity index is 2.02. The van der Waals surface area contributed by atoms with E-state index >= 15 is 0 Å². The minimum Gasteiger partial charge on any atom is -0.481 e. The van der Waals surface area contributed by atoms with Gasteiger partial charge >= 0.3 is 5.97 Å². The Hall–Kier alpha value is -2.76.